The summed E-state index contributed by atoms with van der Waals surface area (Å²) < 4.78 is 0. The first-order valence-corrected chi connectivity index (χ1v) is 8.73. The fourth-order valence-electron chi connectivity index (χ4n) is 2.42. The molecule has 0 N–H and O–H groups in total. The summed E-state index contributed by atoms with van der Waals surface area (Å²) in [7, 11) is 0. The molecule has 0 aromatic heterocycles. The van der Waals surface area contributed by atoms with E-state index >= 15 is 0 Å². The Labute approximate surface area is 124 Å². The molecular formula is C17H18S2. The molecule has 2 aromatic rings. The first kappa shape index (κ1) is 13.1. The quantitative estimate of drug-likeness (QED) is 0.780. The summed E-state index contributed by atoms with van der Waals surface area (Å²) in [6, 6.07) is 17.5. The molecule has 3 rings (SSSR count). The Morgan fingerprint density at radius 2 is 1.89 bits per heavy atom. The minimum atomic E-state index is 0.756. The number of rotatable bonds is 4. The fraction of sp³-hybridized carbons (Fsp3) is 0.294. The molecule has 0 nitrogen and oxygen atoms in total. The second-order valence-corrected chi connectivity index (χ2v) is 7.37. The van der Waals surface area contributed by atoms with Gasteiger partial charge in [0, 0.05) is 21.7 Å². The van der Waals surface area contributed by atoms with Gasteiger partial charge in [-0.3, -0.25) is 0 Å². The zero-order valence-electron chi connectivity index (χ0n) is 11.1. The average Bonchev–Trinajstić information content (AvgIpc) is 2.83. The van der Waals surface area contributed by atoms with Crippen molar-refractivity contribution in [1.82, 2.24) is 0 Å². The van der Waals surface area contributed by atoms with E-state index in [1.807, 2.05) is 0 Å². The molecule has 0 aliphatic carbocycles. The van der Waals surface area contributed by atoms with Crippen LogP contribution < -0.4 is 0 Å². The lowest BCUT2D eigenvalue weighted by atomic mass is 10.1. The summed E-state index contributed by atoms with van der Waals surface area (Å²) in [6.07, 6.45) is 1.24. The molecule has 19 heavy (non-hydrogen) atoms. The fourth-order valence-corrected chi connectivity index (χ4v) is 5.10. The van der Waals surface area contributed by atoms with Gasteiger partial charge in [-0.05, 0) is 36.1 Å². The topological polar surface area (TPSA) is 0 Å². The highest BCUT2D eigenvalue weighted by Crippen LogP contribution is 2.38. The van der Waals surface area contributed by atoms with Gasteiger partial charge < -0.3 is 0 Å². The summed E-state index contributed by atoms with van der Waals surface area (Å²) in [5.74, 6) is 2.38. The highest BCUT2D eigenvalue weighted by Gasteiger charge is 2.21. The van der Waals surface area contributed by atoms with Crippen LogP contribution in [0.15, 0.2) is 53.4 Å². The summed E-state index contributed by atoms with van der Waals surface area (Å²) in [6.45, 7) is 2.20. The van der Waals surface area contributed by atoms with E-state index in [0.29, 0.717) is 0 Å². The zero-order valence-corrected chi connectivity index (χ0v) is 12.8. The lowest BCUT2D eigenvalue weighted by Crippen LogP contribution is -2.04. The molecule has 1 atom stereocenters. The van der Waals surface area contributed by atoms with Crippen molar-refractivity contribution >= 4 is 23.5 Å². The molecule has 0 amide bonds. The zero-order chi connectivity index (χ0) is 13.1. The third-order valence-corrected chi connectivity index (χ3v) is 6.22. The SMILES string of the molecule is Cc1ccccc1CSCC1Cc2ccccc2S1. The average molecular weight is 286 g/mol. The maximum atomic E-state index is 2.27. The summed E-state index contributed by atoms with van der Waals surface area (Å²) in [5.41, 5.74) is 4.43. The van der Waals surface area contributed by atoms with E-state index < -0.39 is 0 Å². The van der Waals surface area contributed by atoms with Crippen LogP contribution in [-0.2, 0) is 12.2 Å². The van der Waals surface area contributed by atoms with Crippen molar-refractivity contribution in [3.8, 4) is 0 Å². The van der Waals surface area contributed by atoms with Gasteiger partial charge in [-0.1, -0.05) is 42.5 Å². The molecule has 1 aliphatic heterocycles. The predicted octanol–water partition coefficient (Wildman–Crippen LogP) is 4.95. The highest BCUT2D eigenvalue weighted by atomic mass is 32.2. The standard InChI is InChI=1S/C17H18S2/c1-13-6-2-3-8-15(13)11-18-12-16-10-14-7-4-5-9-17(14)19-16/h2-9,16H,10-12H2,1H3. The van der Waals surface area contributed by atoms with Crippen LogP contribution in [0.5, 0.6) is 0 Å². The summed E-state index contributed by atoms with van der Waals surface area (Å²) >= 11 is 4.12. The molecule has 2 heteroatoms. The first-order valence-electron chi connectivity index (χ1n) is 6.70. The molecule has 98 valence electrons. The van der Waals surface area contributed by atoms with E-state index in [1.165, 1.54) is 33.8 Å². The minimum absolute atomic E-state index is 0.756. The predicted molar refractivity (Wildman–Crippen MR) is 87.1 cm³/mol. The van der Waals surface area contributed by atoms with E-state index in [9.17, 15) is 0 Å². The molecule has 0 fully saturated rings. The van der Waals surface area contributed by atoms with Crippen molar-refractivity contribution in [1.29, 1.82) is 0 Å². The van der Waals surface area contributed by atoms with E-state index in [0.717, 1.165) is 11.0 Å². The van der Waals surface area contributed by atoms with Crippen molar-refractivity contribution < 1.29 is 0 Å². The molecule has 0 bridgehead atoms. The molecule has 1 aliphatic rings. The Morgan fingerprint density at radius 3 is 2.74 bits per heavy atom. The number of aryl methyl sites for hydroxylation is 1. The van der Waals surface area contributed by atoms with Crippen LogP contribution in [0.3, 0.4) is 0 Å². The molecule has 0 saturated heterocycles. The largest absolute Gasteiger partial charge is 0.156 e. The van der Waals surface area contributed by atoms with Gasteiger partial charge in [-0.2, -0.15) is 11.8 Å². The van der Waals surface area contributed by atoms with Crippen LogP contribution in [0.25, 0.3) is 0 Å². The van der Waals surface area contributed by atoms with Crippen molar-refractivity contribution in [2.45, 2.75) is 29.2 Å². The van der Waals surface area contributed by atoms with Gasteiger partial charge in [-0.15, -0.1) is 11.8 Å². The number of fused-ring (bicyclic) bond motifs is 1. The van der Waals surface area contributed by atoms with Crippen molar-refractivity contribution in [2.75, 3.05) is 5.75 Å². The Morgan fingerprint density at radius 1 is 1.11 bits per heavy atom. The summed E-state index contributed by atoms with van der Waals surface area (Å²) in [4.78, 5) is 1.49. The molecule has 1 unspecified atom stereocenters. The number of hydrogen-bond donors (Lipinski definition) is 0. The molecule has 2 aromatic carbocycles. The molecule has 1 heterocycles. The van der Waals surface area contributed by atoms with Crippen LogP contribution in [-0.4, -0.2) is 11.0 Å². The van der Waals surface area contributed by atoms with Gasteiger partial charge in [0.2, 0.25) is 0 Å². The Hall–Kier alpha value is -0.860. The first-order chi connectivity index (χ1) is 9.33. The maximum absolute atomic E-state index is 2.27. The van der Waals surface area contributed by atoms with Gasteiger partial charge in [0.1, 0.15) is 0 Å². The lowest BCUT2D eigenvalue weighted by molar-refractivity contribution is 0.970. The van der Waals surface area contributed by atoms with Gasteiger partial charge in [0.15, 0.2) is 0 Å². The van der Waals surface area contributed by atoms with Gasteiger partial charge in [0.05, 0.1) is 0 Å². The van der Waals surface area contributed by atoms with Crippen LogP contribution >= 0.6 is 23.5 Å². The second-order valence-electron chi connectivity index (χ2n) is 4.99. The van der Waals surface area contributed by atoms with Crippen LogP contribution in [0.1, 0.15) is 16.7 Å². The maximum Gasteiger partial charge on any atom is 0.0226 e. The van der Waals surface area contributed by atoms with E-state index in [-0.39, 0.29) is 0 Å². The van der Waals surface area contributed by atoms with Crippen LogP contribution in [0.2, 0.25) is 0 Å². The van der Waals surface area contributed by atoms with Gasteiger partial charge in [-0.25, -0.2) is 0 Å². The smallest absolute Gasteiger partial charge is 0.0226 e. The number of thioether (sulfide) groups is 2. The third kappa shape index (κ3) is 3.18. The van der Waals surface area contributed by atoms with Crippen LogP contribution in [0.4, 0.5) is 0 Å². The molecule has 0 saturated carbocycles. The monoisotopic (exact) mass is 286 g/mol. The van der Waals surface area contributed by atoms with Gasteiger partial charge in [0.25, 0.3) is 0 Å². The molecular weight excluding hydrogens is 268 g/mol. The van der Waals surface area contributed by atoms with E-state index in [1.54, 1.807) is 0 Å². The van der Waals surface area contributed by atoms with Crippen LogP contribution in [0, 0.1) is 6.92 Å². The highest BCUT2D eigenvalue weighted by molar-refractivity contribution is 8.03. The molecule has 0 spiro atoms. The Kier molecular flexibility index (Phi) is 4.19. The van der Waals surface area contributed by atoms with Crippen molar-refractivity contribution in [2.24, 2.45) is 0 Å². The minimum Gasteiger partial charge on any atom is -0.156 e. The Bertz CT molecular complexity index is 538. The number of benzene rings is 2. The Balaban J connectivity index is 1.51. The van der Waals surface area contributed by atoms with Crippen molar-refractivity contribution in [3.05, 3.63) is 65.2 Å². The van der Waals surface area contributed by atoms with E-state index in [4.69, 9.17) is 0 Å². The second kappa shape index (κ2) is 6.06. The molecule has 0 radical (unpaired) electrons. The number of hydrogen-bond acceptors (Lipinski definition) is 2. The van der Waals surface area contributed by atoms with Gasteiger partial charge >= 0.3 is 0 Å². The third-order valence-electron chi connectivity index (χ3n) is 3.54. The summed E-state index contributed by atoms with van der Waals surface area (Å²) in [5, 5.41) is 0.756. The lowest BCUT2D eigenvalue weighted by Gasteiger charge is -2.09. The van der Waals surface area contributed by atoms with E-state index in [2.05, 4.69) is 79.0 Å². The van der Waals surface area contributed by atoms with Crippen molar-refractivity contribution in [3.63, 3.8) is 0 Å². The normalized spacial score (nSPS) is 17.4.